The Hall–Kier alpha value is -0.830. The van der Waals surface area contributed by atoms with Crippen LogP contribution in [0.2, 0.25) is 0 Å². The molecule has 0 spiro atoms. The summed E-state index contributed by atoms with van der Waals surface area (Å²) in [5.41, 5.74) is 4.37. The van der Waals surface area contributed by atoms with E-state index in [2.05, 4.69) is 54.4 Å². The lowest BCUT2D eigenvalue weighted by atomic mass is 9.86. The van der Waals surface area contributed by atoms with E-state index in [-0.39, 0.29) is 5.54 Å². The molecule has 1 aromatic rings. The minimum Gasteiger partial charge on any atom is -0.310 e. The molecule has 2 fully saturated rings. The molecule has 0 radical (unpaired) electrons. The Bertz CT molecular complexity index is 509. The van der Waals surface area contributed by atoms with Crippen LogP contribution in [0.3, 0.4) is 0 Å². The van der Waals surface area contributed by atoms with Crippen molar-refractivity contribution in [2.75, 3.05) is 19.6 Å². The minimum atomic E-state index is 0.0355. The monoisotopic (exact) mass is 304 g/mol. The zero-order chi connectivity index (χ0) is 14.9. The van der Waals surface area contributed by atoms with Crippen LogP contribution < -0.4 is 5.32 Å². The molecule has 1 heterocycles. The Morgan fingerprint density at radius 1 is 1.38 bits per heavy atom. The fraction of sp³-hybridized carbons (Fsp3) is 0.556. The lowest BCUT2D eigenvalue weighted by Crippen LogP contribution is -2.62. The van der Waals surface area contributed by atoms with E-state index in [1.165, 1.54) is 24.0 Å². The lowest BCUT2D eigenvalue weighted by Gasteiger charge is -2.49. The predicted molar refractivity (Wildman–Crippen MR) is 89.5 cm³/mol. The van der Waals surface area contributed by atoms with Gasteiger partial charge in [0.15, 0.2) is 0 Å². The molecule has 21 heavy (non-hydrogen) atoms. The molecule has 2 atom stereocenters. The van der Waals surface area contributed by atoms with Gasteiger partial charge >= 0.3 is 0 Å². The summed E-state index contributed by atoms with van der Waals surface area (Å²) in [5.74, 6) is 0.883. The Morgan fingerprint density at radius 3 is 2.71 bits per heavy atom. The van der Waals surface area contributed by atoms with Gasteiger partial charge in [-0.25, -0.2) is 0 Å². The molecule has 1 N–H and O–H groups in total. The normalized spacial score (nSPS) is 31.4. The van der Waals surface area contributed by atoms with Gasteiger partial charge in [-0.15, -0.1) is 0 Å². The highest BCUT2D eigenvalue weighted by Crippen LogP contribution is 2.38. The van der Waals surface area contributed by atoms with Crippen LogP contribution in [0.4, 0.5) is 0 Å². The first-order valence-corrected chi connectivity index (χ1v) is 8.37. The van der Waals surface area contributed by atoms with Crippen molar-refractivity contribution >= 4 is 11.6 Å². The maximum absolute atomic E-state index is 5.92. The fourth-order valence-electron chi connectivity index (χ4n) is 3.42. The Labute approximate surface area is 133 Å². The van der Waals surface area contributed by atoms with Crippen molar-refractivity contribution < 1.29 is 0 Å². The van der Waals surface area contributed by atoms with Gasteiger partial charge in [0.1, 0.15) is 0 Å². The summed E-state index contributed by atoms with van der Waals surface area (Å²) in [7, 11) is 0. The first-order valence-electron chi connectivity index (χ1n) is 7.93. The number of nitrogens with zero attached hydrogens (tertiary/aromatic N) is 1. The lowest BCUT2D eigenvalue weighted by molar-refractivity contribution is 0.0537. The van der Waals surface area contributed by atoms with Crippen molar-refractivity contribution in [2.24, 2.45) is 5.92 Å². The van der Waals surface area contributed by atoms with Crippen LogP contribution in [0, 0.1) is 5.92 Å². The number of halogens is 1. The molecular weight excluding hydrogens is 280 g/mol. The number of benzene rings is 1. The highest BCUT2D eigenvalue weighted by molar-refractivity contribution is 6.25. The molecule has 1 saturated heterocycles. The van der Waals surface area contributed by atoms with E-state index in [9.17, 15) is 0 Å². The molecule has 114 valence electrons. The van der Waals surface area contributed by atoms with Gasteiger partial charge in [-0.1, -0.05) is 41.9 Å². The quantitative estimate of drug-likeness (QED) is 0.912. The maximum Gasteiger partial charge on any atom is 0.0561 e. The summed E-state index contributed by atoms with van der Waals surface area (Å²) in [6.45, 7) is 7.53. The summed E-state index contributed by atoms with van der Waals surface area (Å²) in [5, 5.41) is 3.80. The van der Waals surface area contributed by atoms with Crippen molar-refractivity contribution in [3.8, 4) is 0 Å². The standard InChI is InChI=1S/C18H25ClN2/c1-14(10-19)11-21-12-17(15-8-9-15)20-13-18(21,2)16-6-4-3-5-7-16/h3-7,10,15,17,20H,8-9,11-13H2,1-2H3/b14-10-. The summed E-state index contributed by atoms with van der Waals surface area (Å²) in [4.78, 5) is 2.61. The smallest absolute Gasteiger partial charge is 0.0561 e. The van der Waals surface area contributed by atoms with Crippen molar-refractivity contribution in [2.45, 2.75) is 38.3 Å². The van der Waals surface area contributed by atoms with Crippen LogP contribution in [0.15, 0.2) is 41.4 Å². The second-order valence-corrected chi connectivity index (χ2v) is 7.02. The van der Waals surface area contributed by atoms with Crippen LogP contribution >= 0.6 is 11.6 Å². The molecule has 0 bridgehead atoms. The largest absolute Gasteiger partial charge is 0.310 e. The molecule has 3 heteroatoms. The third-order valence-corrected chi connectivity index (χ3v) is 5.41. The van der Waals surface area contributed by atoms with Gasteiger partial charge in [0.05, 0.1) is 5.54 Å². The van der Waals surface area contributed by atoms with Crippen molar-refractivity contribution in [3.05, 3.63) is 47.0 Å². The van der Waals surface area contributed by atoms with Gasteiger partial charge in [0.25, 0.3) is 0 Å². The number of rotatable bonds is 4. The van der Waals surface area contributed by atoms with Crippen LogP contribution in [0.25, 0.3) is 0 Å². The van der Waals surface area contributed by atoms with Gasteiger partial charge < -0.3 is 5.32 Å². The Balaban J connectivity index is 1.85. The molecule has 1 saturated carbocycles. The predicted octanol–water partition coefficient (Wildman–Crippen LogP) is 3.73. The second-order valence-electron chi connectivity index (χ2n) is 6.80. The van der Waals surface area contributed by atoms with Gasteiger partial charge in [-0.3, -0.25) is 4.90 Å². The average molecular weight is 305 g/mol. The number of piperazine rings is 1. The zero-order valence-electron chi connectivity index (χ0n) is 13.0. The van der Waals surface area contributed by atoms with E-state index in [4.69, 9.17) is 11.6 Å². The molecule has 0 aromatic heterocycles. The first-order chi connectivity index (χ1) is 10.1. The molecular formula is C18H25ClN2. The maximum atomic E-state index is 5.92. The topological polar surface area (TPSA) is 15.3 Å². The van der Waals surface area contributed by atoms with Crippen molar-refractivity contribution in [3.63, 3.8) is 0 Å². The first kappa shape index (κ1) is 15.1. The van der Waals surface area contributed by atoms with E-state index >= 15 is 0 Å². The van der Waals surface area contributed by atoms with Crippen LogP contribution in [0.1, 0.15) is 32.3 Å². The zero-order valence-corrected chi connectivity index (χ0v) is 13.7. The highest BCUT2D eigenvalue weighted by Gasteiger charge is 2.43. The van der Waals surface area contributed by atoms with E-state index < -0.39 is 0 Å². The second kappa shape index (κ2) is 6.12. The third-order valence-electron chi connectivity index (χ3n) is 5.04. The van der Waals surface area contributed by atoms with E-state index in [0.29, 0.717) is 6.04 Å². The summed E-state index contributed by atoms with van der Waals surface area (Å²) >= 11 is 5.92. The van der Waals surface area contributed by atoms with Crippen molar-refractivity contribution in [1.29, 1.82) is 0 Å². The van der Waals surface area contributed by atoms with Gasteiger partial charge in [0, 0.05) is 31.2 Å². The number of hydrogen-bond acceptors (Lipinski definition) is 2. The third kappa shape index (κ3) is 3.18. The molecule has 1 aliphatic heterocycles. The SMILES string of the molecule is C/C(=C/Cl)CN1CC(C2CC2)NCC1(C)c1ccccc1. The summed E-state index contributed by atoms with van der Waals surface area (Å²) in [6.07, 6.45) is 2.77. The van der Waals surface area contributed by atoms with Crippen LogP contribution in [-0.2, 0) is 5.54 Å². The van der Waals surface area contributed by atoms with E-state index in [0.717, 1.165) is 25.6 Å². The molecule has 0 amide bonds. The minimum absolute atomic E-state index is 0.0355. The van der Waals surface area contributed by atoms with Gasteiger partial charge in [0.2, 0.25) is 0 Å². The van der Waals surface area contributed by atoms with Crippen molar-refractivity contribution in [1.82, 2.24) is 10.2 Å². The number of nitrogens with one attached hydrogen (secondary N) is 1. The summed E-state index contributed by atoms with van der Waals surface area (Å²) < 4.78 is 0. The molecule has 2 unspecified atom stereocenters. The Morgan fingerprint density at radius 2 is 2.10 bits per heavy atom. The average Bonchev–Trinajstić information content (AvgIpc) is 3.35. The van der Waals surface area contributed by atoms with Crippen LogP contribution in [-0.4, -0.2) is 30.6 Å². The molecule has 2 aliphatic rings. The number of hydrogen-bond donors (Lipinski definition) is 1. The fourth-order valence-corrected chi connectivity index (χ4v) is 3.48. The van der Waals surface area contributed by atoms with Gasteiger partial charge in [-0.05, 0) is 43.7 Å². The highest BCUT2D eigenvalue weighted by atomic mass is 35.5. The van der Waals surface area contributed by atoms with Gasteiger partial charge in [-0.2, -0.15) is 0 Å². The molecule has 3 rings (SSSR count). The summed E-state index contributed by atoms with van der Waals surface area (Å²) in [6, 6.07) is 11.5. The van der Waals surface area contributed by atoms with E-state index in [1.807, 2.05) is 0 Å². The Kier molecular flexibility index (Phi) is 4.39. The molecule has 1 aliphatic carbocycles. The molecule has 2 nitrogen and oxygen atoms in total. The van der Waals surface area contributed by atoms with Crippen LogP contribution in [0.5, 0.6) is 0 Å². The van der Waals surface area contributed by atoms with E-state index in [1.54, 1.807) is 5.54 Å². The molecule has 1 aromatic carbocycles.